The van der Waals surface area contributed by atoms with Crippen LogP contribution in [0.15, 0.2) is 72.4 Å². The minimum absolute atomic E-state index is 0.179. The van der Waals surface area contributed by atoms with Crippen LogP contribution >= 0.6 is 0 Å². The van der Waals surface area contributed by atoms with Crippen molar-refractivity contribution in [2.24, 2.45) is 5.92 Å². The number of nitrogens with zero attached hydrogens (tertiary/aromatic N) is 1. The molecule has 0 amide bonds. The molecule has 0 saturated heterocycles. The van der Waals surface area contributed by atoms with Crippen molar-refractivity contribution in [3.05, 3.63) is 78.0 Å². The quantitative estimate of drug-likeness (QED) is 0.617. The number of anilines is 1. The number of benzene rings is 2. The second-order valence-electron chi connectivity index (χ2n) is 6.06. The van der Waals surface area contributed by atoms with Gasteiger partial charge in [-0.3, -0.25) is 9.59 Å². The second kappa shape index (κ2) is 7.79. The van der Waals surface area contributed by atoms with Crippen LogP contribution in [0.4, 0.5) is 5.69 Å². The van der Waals surface area contributed by atoms with E-state index >= 15 is 0 Å². The summed E-state index contributed by atoms with van der Waals surface area (Å²) in [4.78, 5) is 26.3. The molecule has 0 radical (unpaired) electrons. The van der Waals surface area contributed by atoms with Gasteiger partial charge in [-0.2, -0.15) is 0 Å². The Morgan fingerprint density at radius 1 is 1.08 bits per heavy atom. The number of hydrogen-bond donors (Lipinski definition) is 0. The predicted octanol–water partition coefficient (Wildman–Crippen LogP) is 3.73. The molecule has 0 spiro atoms. The summed E-state index contributed by atoms with van der Waals surface area (Å²) in [5, 5.41) is 0. The third kappa shape index (κ3) is 3.97. The van der Waals surface area contributed by atoms with Crippen LogP contribution in [-0.2, 0) is 20.9 Å². The summed E-state index contributed by atoms with van der Waals surface area (Å²) in [6, 6.07) is 20.1. The molecule has 1 aliphatic carbocycles. The van der Waals surface area contributed by atoms with E-state index in [1.54, 1.807) is 6.08 Å². The summed E-state index contributed by atoms with van der Waals surface area (Å²) >= 11 is 0. The van der Waals surface area contributed by atoms with Crippen molar-refractivity contribution in [1.82, 2.24) is 0 Å². The monoisotopic (exact) mass is 335 g/mol. The Labute approximate surface area is 147 Å². The second-order valence-corrected chi connectivity index (χ2v) is 6.06. The van der Waals surface area contributed by atoms with Crippen LogP contribution in [0.3, 0.4) is 0 Å². The van der Waals surface area contributed by atoms with Gasteiger partial charge in [0, 0.05) is 24.0 Å². The summed E-state index contributed by atoms with van der Waals surface area (Å²) in [6.45, 7) is 0.673. The van der Waals surface area contributed by atoms with E-state index in [1.807, 2.05) is 48.5 Å². The van der Waals surface area contributed by atoms with Crippen LogP contribution in [-0.4, -0.2) is 18.9 Å². The average molecular weight is 335 g/mol. The summed E-state index contributed by atoms with van der Waals surface area (Å²) in [6.07, 6.45) is 2.74. The number of rotatable bonds is 5. The molecule has 2 aromatic carbocycles. The molecule has 4 nitrogen and oxygen atoms in total. The Hall–Kier alpha value is -2.88. The Morgan fingerprint density at radius 3 is 2.32 bits per heavy atom. The number of hydrogen-bond acceptors (Lipinski definition) is 4. The standard InChI is InChI=1S/C21H21NO3/c1-25-21(24)19-13-12-18(14-20(19)23)22(17-10-6-3-7-11-17)15-16-8-4-2-5-9-16/h2-11,14,19H,12-13,15H2,1H3. The SMILES string of the molecule is COC(=O)C1CCC(N(Cc2ccccc2)c2ccccc2)=CC1=O. The summed E-state index contributed by atoms with van der Waals surface area (Å²) in [5.74, 6) is -1.31. The molecule has 2 aromatic rings. The van der Waals surface area contributed by atoms with Gasteiger partial charge >= 0.3 is 5.97 Å². The lowest BCUT2D eigenvalue weighted by Gasteiger charge is -2.31. The van der Waals surface area contributed by atoms with Gasteiger partial charge in [-0.15, -0.1) is 0 Å². The third-order valence-corrected chi connectivity index (χ3v) is 4.43. The fourth-order valence-electron chi connectivity index (χ4n) is 3.09. The number of ether oxygens (including phenoxy) is 1. The lowest BCUT2D eigenvalue weighted by molar-refractivity contribution is -0.148. The van der Waals surface area contributed by atoms with E-state index in [1.165, 1.54) is 7.11 Å². The normalized spacial score (nSPS) is 16.9. The molecule has 0 N–H and O–H groups in total. The molecular weight excluding hydrogens is 314 g/mol. The van der Waals surface area contributed by atoms with Gasteiger partial charge in [0.05, 0.1) is 7.11 Å². The van der Waals surface area contributed by atoms with Gasteiger partial charge in [0.2, 0.25) is 0 Å². The van der Waals surface area contributed by atoms with Gasteiger partial charge in [-0.05, 0) is 30.5 Å². The van der Waals surface area contributed by atoms with Crippen LogP contribution in [0, 0.1) is 5.92 Å². The van der Waals surface area contributed by atoms with Crippen LogP contribution in [0.1, 0.15) is 18.4 Å². The molecule has 128 valence electrons. The first kappa shape index (κ1) is 17.0. The maximum absolute atomic E-state index is 12.4. The van der Waals surface area contributed by atoms with Crippen LogP contribution in [0.2, 0.25) is 0 Å². The molecule has 1 aliphatic rings. The molecule has 0 saturated carbocycles. The molecule has 0 bridgehead atoms. The van der Waals surface area contributed by atoms with Crippen molar-refractivity contribution in [1.29, 1.82) is 0 Å². The summed E-state index contributed by atoms with van der Waals surface area (Å²) < 4.78 is 4.73. The van der Waals surface area contributed by atoms with Gasteiger partial charge in [-0.1, -0.05) is 48.5 Å². The largest absolute Gasteiger partial charge is 0.468 e. The van der Waals surface area contributed by atoms with E-state index in [9.17, 15) is 9.59 Å². The van der Waals surface area contributed by atoms with Gasteiger partial charge in [0.15, 0.2) is 5.78 Å². The number of carbonyl (C=O) groups is 2. The minimum Gasteiger partial charge on any atom is -0.468 e. The Balaban J connectivity index is 1.90. The highest BCUT2D eigenvalue weighted by Crippen LogP contribution is 2.30. The highest BCUT2D eigenvalue weighted by Gasteiger charge is 2.31. The summed E-state index contributed by atoms with van der Waals surface area (Å²) in [5.41, 5.74) is 3.12. The molecule has 1 unspecified atom stereocenters. The van der Waals surface area contributed by atoms with E-state index < -0.39 is 11.9 Å². The molecule has 0 aromatic heterocycles. The number of ketones is 1. The van der Waals surface area contributed by atoms with E-state index in [2.05, 4.69) is 17.0 Å². The van der Waals surface area contributed by atoms with Crippen molar-refractivity contribution in [3.63, 3.8) is 0 Å². The molecule has 25 heavy (non-hydrogen) atoms. The molecule has 1 atom stereocenters. The first-order chi connectivity index (χ1) is 12.2. The Kier molecular flexibility index (Phi) is 5.29. The average Bonchev–Trinajstić information content (AvgIpc) is 2.67. The van der Waals surface area contributed by atoms with Crippen LogP contribution < -0.4 is 4.90 Å². The minimum atomic E-state index is -0.678. The summed E-state index contributed by atoms with van der Waals surface area (Å²) in [7, 11) is 1.32. The van der Waals surface area contributed by atoms with Gasteiger partial charge in [0.25, 0.3) is 0 Å². The van der Waals surface area contributed by atoms with Crippen molar-refractivity contribution < 1.29 is 14.3 Å². The van der Waals surface area contributed by atoms with Crippen LogP contribution in [0.5, 0.6) is 0 Å². The fourth-order valence-corrected chi connectivity index (χ4v) is 3.09. The zero-order chi connectivity index (χ0) is 17.6. The maximum atomic E-state index is 12.4. The number of esters is 1. The van der Waals surface area contributed by atoms with E-state index in [4.69, 9.17) is 4.74 Å². The van der Waals surface area contributed by atoms with E-state index in [0.717, 1.165) is 16.9 Å². The van der Waals surface area contributed by atoms with Crippen molar-refractivity contribution in [3.8, 4) is 0 Å². The molecule has 0 fully saturated rings. The maximum Gasteiger partial charge on any atom is 0.316 e. The Bertz CT molecular complexity index is 768. The first-order valence-corrected chi connectivity index (χ1v) is 8.38. The number of para-hydroxylation sites is 1. The highest BCUT2D eigenvalue weighted by molar-refractivity contribution is 6.06. The number of methoxy groups -OCH3 is 1. The highest BCUT2D eigenvalue weighted by atomic mass is 16.5. The van der Waals surface area contributed by atoms with Crippen molar-refractivity contribution >= 4 is 17.4 Å². The zero-order valence-corrected chi connectivity index (χ0v) is 14.2. The van der Waals surface area contributed by atoms with Crippen molar-refractivity contribution in [2.45, 2.75) is 19.4 Å². The van der Waals surface area contributed by atoms with Gasteiger partial charge in [-0.25, -0.2) is 0 Å². The lowest BCUT2D eigenvalue weighted by atomic mass is 9.90. The van der Waals surface area contributed by atoms with E-state index in [-0.39, 0.29) is 5.78 Å². The number of allylic oxidation sites excluding steroid dienone is 2. The predicted molar refractivity (Wildman–Crippen MR) is 96.9 cm³/mol. The van der Waals surface area contributed by atoms with Gasteiger partial charge < -0.3 is 9.64 Å². The molecule has 0 heterocycles. The van der Waals surface area contributed by atoms with Gasteiger partial charge in [0.1, 0.15) is 5.92 Å². The van der Waals surface area contributed by atoms with Crippen LogP contribution in [0.25, 0.3) is 0 Å². The molecule has 4 heteroatoms. The van der Waals surface area contributed by atoms with E-state index in [0.29, 0.717) is 19.4 Å². The lowest BCUT2D eigenvalue weighted by Crippen LogP contribution is -2.32. The number of carbonyl (C=O) groups excluding carboxylic acids is 2. The topological polar surface area (TPSA) is 46.6 Å². The third-order valence-electron chi connectivity index (χ3n) is 4.43. The molecule has 0 aliphatic heterocycles. The molecule has 3 rings (SSSR count). The fraction of sp³-hybridized carbons (Fsp3) is 0.238. The smallest absolute Gasteiger partial charge is 0.316 e. The zero-order valence-electron chi connectivity index (χ0n) is 14.2. The molecular formula is C21H21NO3. The Morgan fingerprint density at radius 2 is 1.72 bits per heavy atom. The first-order valence-electron chi connectivity index (χ1n) is 8.38. The van der Waals surface area contributed by atoms with Crippen molar-refractivity contribution in [2.75, 3.05) is 12.0 Å².